The fourth-order valence-corrected chi connectivity index (χ4v) is 3.44. The average Bonchev–Trinajstić information content (AvgIpc) is 2.78. The predicted molar refractivity (Wildman–Crippen MR) is 123 cm³/mol. The summed E-state index contributed by atoms with van der Waals surface area (Å²) in [5.41, 5.74) is 1.52. The van der Waals surface area contributed by atoms with E-state index in [9.17, 15) is 14.9 Å². The van der Waals surface area contributed by atoms with Crippen LogP contribution in [-0.4, -0.2) is 17.9 Å². The normalized spacial score (nSPS) is 11.4. The number of nitro benzene ring substituents is 1. The molecule has 0 atom stereocenters. The number of nitrogens with zero attached hydrogens (tertiary/aromatic N) is 2. The van der Waals surface area contributed by atoms with Crippen LogP contribution >= 0.6 is 15.9 Å². The fourth-order valence-electron chi connectivity index (χ4n) is 3.04. The number of hydrogen-bond donors (Lipinski definition) is 1. The zero-order valence-corrected chi connectivity index (χ0v) is 18.3. The number of fused-ring (bicyclic) bond motifs is 1. The van der Waals surface area contributed by atoms with Crippen LogP contribution < -0.4 is 15.6 Å². The molecule has 0 unspecified atom stereocenters. The van der Waals surface area contributed by atoms with Gasteiger partial charge in [0.05, 0.1) is 17.7 Å². The van der Waals surface area contributed by atoms with E-state index in [0.717, 1.165) is 4.47 Å². The van der Waals surface area contributed by atoms with Crippen LogP contribution in [0.25, 0.3) is 11.0 Å². The molecule has 8 nitrogen and oxygen atoms in total. The lowest BCUT2D eigenvalue weighted by molar-refractivity contribution is -0.384. The number of carbonyl (C=O) groups excluding carboxylic acids is 1. The standard InChI is InChI=1S/C23H16BrN3O5/c1-31-19-7-3-6-17(13-19)26-23-20(22(28)25-16-5-2-4-15(24)12-16)11-14-10-18(27(29)30)8-9-21(14)32-23/h2-13H,1H3,(H,25,28). The lowest BCUT2D eigenvalue weighted by Crippen LogP contribution is -2.21. The Bertz CT molecular complexity index is 1410. The maximum Gasteiger partial charge on any atom is 0.270 e. The van der Waals surface area contributed by atoms with E-state index in [1.54, 1.807) is 49.6 Å². The number of anilines is 1. The maximum atomic E-state index is 13.1. The molecule has 0 aliphatic rings. The molecule has 32 heavy (non-hydrogen) atoms. The predicted octanol–water partition coefficient (Wildman–Crippen LogP) is 5.60. The van der Waals surface area contributed by atoms with Gasteiger partial charge in [0, 0.05) is 33.7 Å². The summed E-state index contributed by atoms with van der Waals surface area (Å²) in [7, 11) is 1.54. The summed E-state index contributed by atoms with van der Waals surface area (Å²) >= 11 is 3.37. The highest BCUT2D eigenvalue weighted by Gasteiger charge is 2.15. The Morgan fingerprint density at radius 2 is 1.91 bits per heavy atom. The number of methoxy groups -OCH3 is 1. The lowest BCUT2D eigenvalue weighted by atomic mass is 10.1. The maximum absolute atomic E-state index is 13.1. The molecule has 1 N–H and O–H groups in total. The number of halogens is 1. The molecule has 0 saturated carbocycles. The zero-order valence-electron chi connectivity index (χ0n) is 16.7. The third kappa shape index (κ3) is 4.68. The van der Waals surface area contributed by atoms with Gasteiger partial charge in [-0.2, -0.15) is 0 Å². The first kappa shape index (κ1) is 21.3. The van der Waals surface area contributed by atoms with Crippen molar-refractivity contribution in [3.8, 4) is 5.75 Å². The minimum Gasteiger partial charge on any atom is -0.497 e. The van der Waals surface area contributed by atoms with Crippen molar-refractivity contribution in [1.82, 2.24) is 0 Å². The molecular formula is C23H16BrN3O5. The molecule has 1 amide bonds. The lowest BCUT2D eigenvalue weighted by Gasteiger charge is -2.08. The highest BCUT2D eigenvalue weighted by molar-refractivity contribution is 9.10. The molecule has 0 radical (unpaired) electrons. The largest absolute Gasteiger partial charge is 0.497 e. The molecule has 4 aromatic rings. The van der Waals surface area contributed by atoms with E-state index >= 15 is 0 Å². The summed E-state index contributed by atoms with van der Waals surface area (Å²) < 4.78 is 11.9. The Kier molecular flexibility index (Phi) is 6.00. The van der Waals surface area contributed by atoms with E-state index in [4.69, 9.17) is 9.15 Å². The van der Waals surface area contributed by atoms with Gasteiger partial charge in [0.1, 0.15) is 16.9 Å². The number of hydrogen-bond acceptors (Lipinski definition) is 6. The summed E-state index contributed by atoms with van der Waals surface area (Å²) in [6.45, 7) is 0. The first-order valence-electron chi connectivity index (χ1n) is 9.41. The molecule has 0 aliphatic carbocycles. The molecule has 160 valence electrons. The summed E-state index contributed by atoms with van der Waals surface area (Å²) in [4.78, 5) is 28.3. The summed E-state index contributed by atoms with van der Waals surface area (Å²) in [6.07, 6.45) is 0. The Balaban J connectivity index is 1.87. The molecule has 9 heteroatoms. The van der Waals surface area contributed by atoms with Gasteiger partial charge in [-0.15, -0.1) is 0 Å². The van der Waals surface area contributed by atoms with E-state index in [0.29, 0.717) is 28.1 Å². The topological polar surface area (TPSA) is 107 Å². The Labute approximate surface area is 190 Å². The van der Waals surface area contributed by atoms with E-state index in [1.807, 2.05) is 6.07 Å². The smallest absolute Gasteiger partial charge is 0.270 e. The molecule has 3 aromatic carbocycles. The highest BCUT2D eigenvalue weighted by Crippen LogP contribution is 2.23. The molecule has 0 aliphatic heterocycles. The molecule has 1 heterocycles. The molecule has 1 aromatic heterocycles. The fraction of sp³-hybridized carbons (Fsp3) is 0.0435. The number of carbonyl (C=O) groups is 1. The van der Waals surface area contributed by atoms with Crippen molar-refractivity contribution < 1.29 is 18.9 Å². The molecule has 0 bridgehead atoms. The zero-order chi connectivity index (χ0) is 22.7. The summed E-state index contributed by atoms with van der Waals surface area (Å²) in [6, 6.07) is 19.8. The van der Waals surface area contributed by atoms with Gasteiger partial charge in [0.15, 0.2) is 0 Å². The van der Waals surface area contributed by atoms with Crippen molar-refractivity contribution in [2.75, 3.05) is 12.4 Å². The van der Waals surface area contributed by atoms with Crippen LogP contribution in [0, 0.1) is 10.1 Å². The molecular weight excluding hydrogens is 478 g/mol. The molecule has 0 saturated heterocycles. The summed E-state index contributed by atoms with van der Waals surface area (Å²) in [5, 5.41) is 14.4. The first-order valence-corrected chi connectivity index (χ1v) is 10.2. The minimum absolute atomic E-state index is 0.0621. The van der Waals surface area contributed by atoms with Gasteiger partial charge in [0.2, 0.25) is 5.55 Å². The number of rotatable bonds is 5. The highest BCUT2D eigenvalue weighted by atomic mass is 79.9. The molecule has 4 rings (SSSR count). The van der Waals surface area contributed by atoms with E-state index < -0.39 is 10.8 Å². The Hall–Kier alpha value is -3.98. The first-order chi connectivity index (χ1) is 15.4. The Morgan fingerprint density at radius 3 is 2.66 bits per heavy atom. The second-order valence-electron chi connectivity index (χ2n) is 6.72. The monoisotopic (exact) mass is 493 g/mol. The molecule has 0 spiro atoms. The summed E-state index contributed by atoms with van der Waals surface area (Å²) in [5.74, 6) is 0.129. The minimum atomic E-state index is -0.505. The number of benzene rings is 3. The van der Waals surface area contributed by atoms with Crippen molar-refractivity contribution in [2.45, 2.75) is 0 Å². The SMILES string of the molecule is COc1cccc(N=c2oc3ccc([N+](=O)[O-])cc3cc2C(=O)Nc2cccc(Br)c2)c1. The van der Waals surface area contributed by atoms with Crippen molar-refractivity contribution in [2.24, 2.45) is 4.99 Å². The van der Waals surface area contributed by atoms with E-state index in [1.165, 1.54) is 24.3 Å². The van der Waals surface area contributed by atoms with Gasteiger partial charge in [-0.3, -0.25) is 14.9 Å². The number of nitrogens with one attached hydrogen (secondary N) is 1. The van der Waals surface area contributed by atoms with Crippen LogP contribution in [0.1, 0.15) is 10.4 Å². The van der Waals surface area contributed by atoms with Crippen molar-refractivity contribution >= 4 is 49.9 Å². The van der Waals surface area contributed by atoms with Gasteiger partial charge in [-0.1, -0.05) is 28.1 Å². The van der Waals surface area contributed by atoms with E-state index in [2.05, 4.69) is 26.2 Å². The van der Waals surface area contributed by atoms with Crippen LogP contribution in [0.2, 0.25) is 0 Å². The number of ether oxygens (including phenoxy) is 1. The van der Waals surface area contributed by atoms with Crippen LogP contribution in [0.3, 0.4) is 0 Å². The van der Waals surface area contributed by atoms with Crippen molar-refractivity contribution in [3.63, 3.8) is 0 Å². The molecule has 0 fully saturated rings. The second kappa shape index (κ2) is 9.03. The number of amides is 1. The van der Waals surface area contributed by atoms with Gasteiger partial charge in [-0.05, 0) is 42.5 Å². The van der Waals surface area contributed by atoms with Crippen LogP contribution in [0.15, 0.2) is 86.7 Å². The van der Waals surface area contributed by atoms with Crippen LogP contribution in [0.4, 0.5) is 17.1 Å². The van der Waals surface area contributed by atoms with Crippen LogP contribution in [-0.2, 0) is 0 Å². The van der Waals surface area contributed by atoms with Crippen molar-refractivity contribution in [3.05, 3.63) is 98.5 Å². The quantitative estimate of drug-likeness (QED) is 0.287. The van der Waals surface area contributed by atoms with Gasteiger partial charge in [-0.25, -0.2) is 4.99 Å². The number of nitro groups is 1. The number of non-ortho nitro benzene ring substituents is 1. The average molecular weight is 494 g/mol. The van der Waals surface area contributed by atoms with E-state index in [-0.39, 0.29) is 16.8 Å². The van der Waals surface area contributed by atoms with Crippen molar-refractivity contribution in [1.29, 1.82) is 0 Å². The third-order valence-electron chi connectivity index (χ3n) is 4.55. The van der Waals surface area contributed by atoms with Gasteiger partial charge in [0.25, 0.3) is 11.6 Å². The van der Waals surface area contributed by atoms with Gasteiger partial charge < -0.3 is 14.5 Å². The Morgan fingerprint density at radius 1 is 1.09 bits per heavy atom. The second-order valence-corrected chi connectivity index (χ2v) is 7.64. The van der Waals surface area contributed by atoms with Gasteiger partial charge >= 0.3 is 0 Å². The van der Waals surface area contributed by atoms with Crippen LogP contribution in [0.5, 0.6) is 5.75 Å². The third-order valence-corrected chi connectivity index (χ3v) is 5.05.